The number of halogens is 2. The van der Waals surface area contributed by atoms with Crippen LogP contribution in [-0.4, -0.2) is 13.1 Å². The maximum Gasteiger partial charge on any atom is 0.131 e. The normalized spacial score (nSPS) is 12.2. The van der Waals surface area contributed by atoms with Gasteiger partial charge in [-0.1, -0.05) is 43.2 Å². The van der Waals surface area contributed by atoms with Crippen molar-refractivity contribution in [1.29, 1.82) is 0 Å². The molecular weight excluding hydrogens is 237 g/mol. The van der Waals surface area contributed by atoms with Crippen molar-refractivity contribution >= 4 is 17.7 Å². The van der Waals surface area contributed by atoms with Crippen molar-refractivity contribution in [2.75, 3.05) is 13.1 Å². The second-order valence-corrected chi connectivity index (χ2v) is 5.12. The van der Waals surface area contributed by atoms with Crippen LogP contribution in [0.3, 0.4) is 0 Å². The molecule has 94 valence electrons. The van der Waals surface area contributed by atoms with E-state index in [9.17, 15) is 4.39 Å². The summed E-state index contributed by atoms with van der Waals surface area (Å²) in [5.74, 6) is 0.343. The zero-order valence-electron chi connectivity index (χ0n) is 10.6. The van der Waals surface area contributed by atoms with Crippen LogP contribution in [-0.2, 0) is 0 Å². The van der Waals surface area contributed by atoms with E-state index in [1.165, 1.54) is 6.07 Å². The van der Waals surface area contributed by atoms with E-state index >= 15 is 0 Å². The highest BCUT2D eigenvalue weighted by Crippen LogP contribution is 2.16. The van der Waals surface area contributed by atoms with E-state index in [1.54, 1.807) is 12.1 Å². The van der Waals surface area contributed by atoms with Gasteiger partial charge in [0.25, 0.3) is 0 Å². The third kappa shape index (κ3) is 5.33. The number of hydrogen-bond donors (Lipinski definition) is 1. The number of hydrogen-bond acceptors (Lipinski definition) is 1. The molecule has 0 spiro atoms. The zero-order valence-corrected chi connectivity index (χ0v) is 11.3. The summed E-state index contributed by atoms with van der Waals surface area (Å²) >= 11 is 5.70. The van der Waals surface area contributed by atoms with E-state index in [1.807, 2.05) is 13.0 Å². The van der Waals surface area contributed by atoms with Crippen LogP contribution < -0.4 is 5.32 Å². The first-order valence-electron chi connectivity index (χ1n) is 5.82. The Morgan fingerprint density at radius 1 is 1.47 bits per heavy atom. The lowest BCUT2D eigenvalue weighted by Gasteiger charge is -2.07. The molecule has 0 bridgehead atoms. The smallest absolute Gasteiger partial charge is 0.131 e. The summed E-state index contributed by atoms with van der Waals surface area (Å²) in [4.78, 5) is 0. The zero-order chi connectivity index (χ0) is 12.8. The lowest BCUT2D eigenvalue weighted by molar-refractivity contribution is 0.572. The van der Waals surface area contributed by atoms with Crippen LogP contribution in [0.25, 0.3) is 6.08 Å². The third-order valence-electron chi connectivity index (χ3n) is 2.32. The lowest BCUT2D eigenvalue weighted by Crippen LogP contribution is -2.21. The van der Waals surface area contributed by atoms with Gasteiger partial charge >= 0.3 is 0 Å². The molecule has 1 aromatic carbocycles. The minimum absolute atomic E-state index is 0.277. The Bertz CT molecular complexity index is 399. The molecule has 1 aromatic rings. The van der Waals surface area contributed by atoms with Crippen LogP contribution in [0.4, 0.5) is 4.39 Å². The molecule has 17 heavy (non-hydrogen) atoms. The van der Waals surface area contributed by atoms with E-state index in [0.29, 0.717) is 16.5 Å². The minimum Gasteiger partial charge on any atom is -0.313 e. The molecular formula is C14H19ClFN. The van der Waals surface area contributed by atoms with Crippen molar-refractivity contribution in [3.8, 4) is 0 Å². The van der Waals surface area contributed by atoms with Gasteiger partial charge in [-0.2, -0.15) is 0 Å². The molecule has 0 heterocycles. The molecule has 0 atom stereocenters. The molecule has 1 N–H and O–H groups in total. The predicted molar refractivity (Wildman–Crippen MR) is 72.8 cm³/mol. The van der Waals surface area contributed by atoms with Gasteiger partial charge in [-0.25, -0.2) is 4.39 Å². The van der Waals surface area contributed by atoms with Gasteiger partial charge in [0.15, 0.2) is 0 Å². The quantitative estimate of drug-likeness (QED) is 0.834. The van der Waals surface area contributed by atoms with Gasteiger partial charge in [0.05, 0.1) is 0 Å². The summed E-state index contributed by atoms with van der Waals surface area (Å²) in [6, 6.07) is 4.73. The van der Waals surface area contributed by atoms with Crippen LogP contribution >= 0.6 is 11.6 Å². The molecule has 0 saturated carbocycles. The van der Waals surface area contributed by atoms with Crippen molar-refractivity contribution in [2.45, 2.75) is 20.8 Å². The van der Waals surface area contributed by atoms with Gasteiger partial charge < -0.3 is 5.32 Å². The van der Waals surface area contributed by atoms with E-state index < -0.39 is 0 Å². The summed E-state index contributed by atoms with van der Waals surface area (Å²) in [7, 11) is 0. The largest absolute Gasteiger partial charge is 0.313 e. The predicted octanol–water partition coefficient (Wildman–Crippen LogP) is 4.13. The first-order chi connectivity index (χ1) is 7.99. The fourth-order valence-electron chi connectivity index (χ4n) is 1.49. The van der Waals surface area contributed by atoms with Crippen LogP contribution in [0.15, 0.2) is 23.8 Å². The topological polar surface area (TPSA) is 12.0 Å². The second kappa shape index (κ2) is 6.77. The van der Waals surface area contributed by atoms with Crippen molar-refractivity contribution in [3.63, 3.8) is 0 Å². The second-order valence-electron chi connectivity index (χ2n) is 4.68. The number of rotatable bonds is 5. The summed E-state index contributed by atoms with van der Waals surface area (Å²) in [6.07, 6.45) is 1.85. The Morgan fingerprint density at radius 2 is 2.18 bits per heavy atom. The molecule has 0 aliphatic rings. The van der Waals surface area contributed by atoms with E-state index in [-0.39, 0.29) is 5.82 Å². The number of nitrogens with one attached hydrogen (secondary N) is 1. The minimum atomic E-state index is -0.277. The third-order valence-corrected chi connectivity index (χ3v) is 2.56. The molecule has 0 aliphatic carbocycles. The Kier molecular flexibility index (Phi) is 5.66. The van der Waals surface area contributed by atoms with E-state index in [4.69, 9.17) is 11.6 Å². The molecule has 0 radical (unpaired) electrons. The van der Waals surface area contributed by atoms with Crippen molar-refractivity contribution in [2.24, 2.45) is 5.92 Å². The highest BCUT2D eigenvalue weighted by Gasteiger charge is 2.01. The van der Waals surface area contributed by atoms with E-state index in [0.717, 1.165) is 18.7 Å². The van der Waals surface area contributed by atoms with Crippen LogP contribution in [0, 0.1) is 11.7 Å². The Morgan fingerprint density at radius 3 is 2.76 bits per heavy atom. The fourth-order valence-corrected chi connectivity index (χ4v) is 1.65. The highest BCUT2D eigenvalue weighted by molar-refractivity contribution is 6.30. The Balaban J connectivity index is 2.61. The van der Waals surface area contributed by atoms with Gasteiger partial charge in [0, 0.05) is 17.1 Å². The summed E-state index contributed by atoms with van der Waals surface area (Å²) in [5.41, 5.74) is 1.69. The molecule has 0 aromatic heterocycles. The van der Waals surface area contributed by atoms with E-state index in [2.05, 4.69) is 19.2 Å². The molecule has 1 rings (SSSR count). The highest BCUT2D eigenvalue weighted by atomic mass is 35.5. The van der Waals surface area contributed by atoms with Crippen molar-refractivity contribution in [1.82, 2.24) is 5.32 Å². The van der Waals surface area contributed by atoms with Gasteiger partial charge in [-0.05, 0) is 31.5 Å². The molecule has 0 unspecified atom stereocenters. The molecule has 0 saturated heterocycles. The summed E-state index contributed by atoms with van der Waals surface area (Å²) in [5, 5.41) is 3.75. The fraction of sp³-hybridized carbons (Fsp3) is 0.429. The average Bonchev–Trinajstić information content (AvgIpc) is 2.21. The van der Waals surface area contributed by atoms with Gasteiger partial charge in [0.2, 0.25) is 0 Å². The van der Waals surface area contributed by atoms with Crippen LogP contribution in [0.1, 0.15) is 26.3 Å². The Hall–Kier alpha value is -0.860. The van der Waals surface area contributed by atoms with Crippen molar-refractivity contribution < 1.29 is 4.39 Å². The number of benzene rings is 1. The summed E-state index contributed by atoms with van der Waals surface area (Å²) < 4.78 is 13.5. The molecule has 3 heteroatoms. The first-order valence-corrected chi connectivity index (χ1v) is 6.19. The maximum absolute atomic E-state index is 13.5. The average molecular weight is 256 g/mol. The van der Waals surface area contributed by atoms with Gasteiger partial charge in [-0.15, -0.1) is 0 Å². The lowest BCUT2D eigenvalue weighted by atomic mass is 10.1. The standard InChI is InChI=1S/C14H19ClFN/c1-10(2)8-17-9-11(3)6-12-4-5-13(15)7-14(12)16/h4-7,10,17H,8-9H2,1-3H3/b11-6+. The SMILES string of the molecule is C/C(=C\c1ccc(Cl)cc1F)CNCC(C)C. The molecule has 0 fully saturated rings. The van der Waals surface area contributed by atoms with Crippen LogP contribution in [0.2, 0.25) is 5.02 Å². The molecule has 1 nitrogen and oxygen atoms in total. The maximum atomic E-state index is 13.5. The molecule has 0 amide bonds. The van der Waals surface area contributed by atoms with Crippen LogP contribution in [0.5, 0.6) is 0 Å². The molecule has 0 aliphatic heterocycles. The van der Waals surface area contributed by atoms with Crippen molar-refractivity contribution in [3.05, 3.63) is 40.2 Å². The monoisotopic (exact) mass is 255 g/mol. The van der Waals surface area contributed by atoms with Gasteiger partial charge in [0.1, 0.15) is 5.82 Å². The Labute approximate surface area is 108 Å². The van der Waals surface area contributed by atoms with Gasteiger partial charge in [-0.3, -0.25) is 0 Å². The summed E-state index contributed by atoms with van der Waals surface area (Å²) in [6.45, 7) is 8.05. The first kappa shape index (κ1) is 14.2.